The number of nitrogen functional groups attached to an aromatic ring is 1. The molecule has 128 valence electrons. The van der Waals surface area contributed by atoms with Crippen molar-refractivity contribution in [3.05, 3.63) is 48.8 Å². The van der Waals surface area contributed by atoms with Crippen LogP contribution in [-0.2, 0) is 4.79 Å². The summed E-state index contributed by atoms with van der Waals surface area (Å²) >= 11 is 2.81. The highest BCUT2D eigenvalue weighted by Gasteiger charge is 2.14. The minimum absolute atomic E-state index is 0.127. The SMILES string of the molecule is CSc1ccccc1NC(=O)CSc1nnc(-c2cccnc2)n1N. The van der Waals surface area contributed by atoms with Crippen molar-refractivity contribution in [2.75, 3.05) is 23.2 Å². The molecule has 2 aromatic heterocycles. The van der Waals surface area contributed by atoms with Crippen LogP contribution in [0.2, 0.25) is 0 Å². The number of para-hydroxylation sites is 1. The summed E-state index contributed by atoms with van der Waals surface area (Å²) in [5.74, 6) is 6.59. The van der Waals surface area contributed by atoms with E-state index in [1.54, 1.807) is 30.2 Å². The number of anilines is 1. The molecule has 3 rings (SSSR count). The number of hydrogen-bond donors (Lipinski definition) is 2. The Morgan fingerprint density at radius 1 is 1.24 bits per heavy atom. The van der Waals surface area contributed by atoms with Gasteiger partial charge in [0, 0.05) is 22.9 Å². The minimum Gasteiger partial charge on any atom is -0.335 e. The largest absolute Gasteiger partial charge is 0.335 e. The van der Waals surface area contributed by atoms with Gasteiger partial charge in [-0.15, -0.1) is 22.0 Å². The molecule has 3 N–H and O–H groups in total. The van der Waals surface area contributed by atoms with Crippen LogP contribution in [0.3, 0.4) is 0 Å². The molecule has 0 radical (unpaired) electrons. The maximum absolute atomic E-state index is 12.2. The van der Waals surface area contributed by atoms with Crippen LogP contribution in [0.25, 0.3) is 11.4 Å². The molecule has 7 nitrogen and oxygen atoms in total. The van der Waals surface area contributed by atoms with E-state index < -0.39 is 0 Å². The lowest BCUT2D eigenvalue weighted by atomic mass is 10.3. The van der Waals surface area contributed by atoms with Gasteiger partial charge in [-0.1, -0.05) is 23.9 Å². The fourth-order valence-corrected chi connectivity index (χ4v) is 3.34. The highest BCUT2D eigenvalue weighted by molar-refractivity contribution is 7.99. The van der Waals surface area contributed by atoms with E-state index in [2.05, 4.69) is 20.5 Å². The number of rotatable bonds is 6. The quantitative estimate of drug-likeness (QED) is 0.507. The Morgan fingerprint density at radius 2 is 2.08 bits per heavy atom. The molecule has 0 saturated carbocycles. The maximum Gasteiger partial charge on any atom is 0.234 e. The third kappa shape index (κ3) is 4.12. The highest BCUT2D eigenvalue weighted by Crippen LogP contribution is 2.25. The first kappa shape index (κ1) is 17.3. The van der Waals surface area contributed by atoms with E-state index in [-0.39, 0.29) is 11.7 Å². The molecule has 0 bridgehead atoms. The van der Waals surface area contributed by atoms with Gasteiger partial charge in [0.15, 0.2) is 5.82 Å². The summed E-state index contributed by atoms with van der Waals surface area (Å²) in [7, 11) is 0. The molecule has 25 heavy (non-hydrogen) atoms. The molecule has 0 saturated heterocycles. The fourth-order valence-electron chi connectivity index (χ4n) is 2.13. The maximum atomic E-state index is 12.2. The molecule has 3 aromatic rings. The average Bonchev–Trinajstić information content (AvgIpc) is 3.02. The molecule has 2 heterocycles. The first-order chi connectivity index (χ1) is 12.2. The molecular weight excluding hydrogens is 356 g/mol. The second kappa shape index (κ2) is 8.04. The Morgan fingerprint density at radius 3 is 2.84 bits per heavy atom. The van der Waals surface area contributed by atoms with Crippen LogP contribution in [0.5, 0.6) is 0 Å². The summed E-state index contributed by atoms with van der Waals surface area (Å²) in [5, 5.41) is 11.5. The number of aromatic nitrogens is 4. The van der Waals surface area contributed by atoms with Crippen molar-refractivity contribution in [2.24, 2.45) is 0 Å². The van der Waals surface area contributed by atoms with Crippen molar-refractivity contribution < 1.29 is 4.79 Å². The molecule has 1 amide bonds. The van der Waals surface area contributed by atoms with E-state index in [1.165, 1.54) is 16.4 Å². The Hall–Kier alpha value is -2.52. The minimum atomic E-state index is -0.127. The van der Waals surface area contributed by atoms with Crippen molar-refractivity contribution in [1.29, 1.82) is 0 Å². The molecule has 1 aromatic carbocycles. The first-order valence-corrected chi connectivity index (χ1v) is 9.56. The second-order valence-electron chi connectivity index (χ2n) is 4.96. The monoisotopic (exact) mass is 372 g/mol. The number of benzene rings is 1. The number of pyridine rings is 1. The highest BCUT2D eigenvalue weighted by atomic mass is 32.2. The Bertz CT molecular complexity index is 868. The fraction of sp³-hybridized carbons (Fsp3) is 0.125. The van der Waals surface area contributed by atoms with Crippen LogP contribution in [0.4, 0.5) is 5.69 Å². The summed E-state index contributed by atoms with van der Waals surface area (Å²) in [4.78, 5) is 17.2. The van der Waals surface area contributed by atoms with Crippen molar-refractivity contribution in [1.82, 2.24) is 19.9 Å². The van der Waals surface area contributed by atoms with E-state index in [0.29, 0.717) is 11.0 Å². The lowest BCUT2D eigenvalue weighted by Gasteiger charge is -2.08. The van der Waals surface area contributed by atoms with Crippen molar-refractivity contribution >= 4 is 35.1 Å². The molecule has 0 aliphatic rings. The number of nitrogens with one attached hydrogen (secondary N) is 1. The number of carbonyl (C=O) groups excluding carboxylic acids is 1. The molecule has 0 spiro atoms. The van der Waals surface area contributed by atoms with E-state index in [1.807, 2.05) is 36.6 Å². The molecule has 0 aliphatic carbocycles. The van der Waals surface area contributed by atoms with Gasteiger partial charge in [0.1, 0.15) is 0 Å². The lowest BCUT2D eigenvalue weighted by molar-refractivity contribution is -0.113. The third-order valence-electron chi connectivity index (χ3n) is 3.30. The molecule has 0 unspecified atom stereocenters. The van der Waals surface area contributed by atoms with Crippen LogP contribution < -0.4 is 11.2 Å². The van der Waals surface area contributed by atoms with E-state index in [9.17, 15) is 4.79 Å². The second-order valence-corrected chi connectivity index (χ2v) is 6.75. The van der Waals surface area contributed by atoms with Crippen LogP contribution >= 0.6 is 23.5 Å². The van der Waals surface area contributed by atoms with Crippen LogP contribution in [0.15, 0.2) is 58.8 Å². The summed E-state index contributed by atoms with van der Waals surface area (Å²) in [6, 6.07) is 11.3. The van der Waals surface area contributed by atoms with Gasteiger partial charge in [-0.2, -0.15) is 0 Å². The van der Waals surface area contributed by atoms with Gasteiger partial charge < -0.3 is 11.2 Å². The Balaban J connectivity index is 1.64. The number of hydrogen-bond acceptors (Lipinski definition) is 7. The van der Waals surface area contributed by atoms with E-state index >= 15 is 0 Å². The zero-order valence-electron chi connectivity index (χ0n) is 13.4. The predicted octanol–water partition coefficient (Wildman–Crippen LogP) is 2.51. The van der Waals surface area contributed by atoms with Crippen molar-refractivity contribution in [2.45, 2.75) is 10.1 Å². The van der Waals surface area contributed by atoms with Crippen LogP contribution in [-0.4, -0.2) is 37.8 Å². The molecule has 0 atom stereocenters. The van der Waals surface area contributed by atoms with Gasteiger partial charge in [-0.05, 0) is 30.5 Å². The van der Waals surface area contributed by atoms with Crippen molar-refractivity contribution in [3.63, 3.8) is 0 Å². The van der Waals surface area contributed by atoms with Gasteiger partial charge in [-0.25, -0.2) is 4.68 Å². The van der Waals surface area contributed by atoms with Gasteiger partial charge in [-0.3, -0.25) is 9.78 Å². The number of nitrogens with two attached hydrogens (primary N) is 1. The number of thioether (sulfide) groups is 2. The topological polar surface area (TPSA) is 98.7 Å². The molecular formula is C16H16N6OS2. The van der Waals surface area contributed by atoms with Gasteiger partial charge in [0.25, 0.3) is 0 Å². The normalized spacial score (nSPS) is 10.6. The van der Waals surface area contributed by atoms with Crippen LogP contribution in [0, 0.1) is 0 Å². The van der Waals surface area contributed by atoms with Gasteiger partial charge >= 0.3 is 0 Å². The Labute approximate surface area is 153 Å². The smallest absolute Gasteiger partial charge is 0.234 e. The van der Waals surface area contributed by atoms with Gasteiger partial charge in [0.05, 0.1) is 11.4 Å². The van der Waals surface area contributed by atoms with Gasteiger partial charge in [0.2, 0.25) is 11.1 Å². The summed E-state index contributed by atoms with van der Waals surface area (Å²) in [6.07, 6.45) is 5.30. The number of nitrogens with zero attached hydrogens (tertiary/aromatic N) is 4. The van der Waals surface area contributed by atoms with E-state index in [0.717, 1.165) is 16.1 Å². The van der Waals surface area contributed by atoms with Crippen LogP contribution in [0.1, 0.15) is 0 Å². The predicted molar refractivity (Wildman–Crippen MR) is 101 cm³/mol. The molecule has 9 heteroatoms. The van der Waals surface area contributed by atoms with E-state index in [4.69, 9.17) is 5.84 Å². The summed E-state index contributed by atoms with van der Waals surface area (Å²) < 4.78 is 1.37. The van der Waals surface area contributed by atoms with Crippen molar-refractivity contribution in [3.8, 4) is 11.4 Å². The zero-order chi connectivity index (χ0) is 17.6. The summed E-state index contributed by atoms with van der Waals surface area (Å²) in [5.41, 5.74) is 1.56. The standard InChI is InChI=1S/C16H16N6OS2/c1-24-13-7-3-2-6-12(13)19-14(23)10-25-16-21-20-15(22(16)17)11-5-4-8-18-9-11/h2-9H,10,17H2,1H3,(H,19,23). The molecule has 0 fully saturated rings. The lowest BCUT2D eigenvalue weighted by Crippen LogP contribution is -2.16. The third-order valence-corrected chi connectivity index (χ3v) is 5.04. The number of amides is 1. The zero-order valence-corrected chi connectivity index (χ0v) is 15.0. The Kier molecular flexibility index (Phi) is 5.56. The molecule has 0 aliphatic heterocycles. The number of carbonyl (C=O) groups is 1. The summed E-state index contributed by atoms with van der Waals surface area (Å²) in [6.45, 7) is 0. The first-order valence-electron chi connectivity index (χ1n) is 7.35. The average molecular weight is 372 g/mol.